The molecule has 0 saturated heterocycles. The number of hydrogen-bond donors (Lipinski definition) is 1. The molecule has 0 radical (unpaired) electrons. The van der Waals surface area contributed by atoms with Gasteiger partial charge >= 0.3 is 0 Å². The number of nitrogens with zero attached hydrogens (tertiary/aromatic N) is 2. The Morgan fingerprint density at radius 3 is 2.02 bits per heavy atom. The van der Waals surface area contributed by atoms with Crippen LogP contribution in [0, 0.1) is 6.92 Å². The van der Waals surface area contributed by atoms with Gasteiger partial charge in [0.2, 0.25) is 21.8 Å². The van der Waals surface area contributed by atoms with Gasteiger partial charge in [-0.3, -0.25) is 13.9 Å². The van der Waals surface area contributed by atoms with E-state index in [0.29, 0.717) is 26.2 Å². The molecule has 40 heavy (non-hydrogen) atoms. The summed E-state index contributed by atoms with van der Waals surface area (Å²) in [6.45, 7) is 4.63. The molecule has 11 heteroatoms. The van der Waals surface area contributed by atoms with E-state index in [1.807, 2.05) is 44.2 Å². The van der Waals surface area contributed by atoms with E-state index in [1.165, 1.54) is 4.90 Å². The van der Waals surface area contributed by atoms with Crippen LogP contribution in [0.4, 0.5) is 5.69 Å². The van der Waals surface area contributed by atoms with Crippen molar-refractivity contribution in [3.63, 3.8) is 0 Å². The maximum atomic E-state index is 14.1. The van der Waals surface area contributed by atoms with Crippen molar-refractivity contribution < 1.29 is 18.0 Å². The van der Waals surface area contributed by atoms with Crippen LogP contribution in [0.15, 0.2) is 66.7 Å². The minimum Gasteiger partial charge on any atom is -0.352 e. The molecule has 0 fully saturated rings. The molecule has 1 unspecified atom stereocenters. The minimum absolute atomic E-state index is 0.119. The second kappa shape index (κ2) is 13.7. The summed E-state index contributed by atoms with van der Waals surface area (Å²) in [4.78, 5) is 29.1. The molecule has 2 amide bonds. The number of nitrogens with one attached hydrogen (secondary N) is 1. The number of benzene rings is 3. The number of hydrogen-bond acceptors (Lipinski definition) is 4. The lowest BCUT2D eigenvalue weighted by Crippen LogP contribution is -2.54. The topological polar surface area (TPSA) is 86.8 Å². The summed E-state index contributed by atoms with van der Waals surface area (Å²) < 4.78 is 26.9. The van der Waals surface area contributed by atoms with E-state index in [2.05, 4.69) is 5.32 Å². The fraction of sp³-hybridized carbons (Fsp3) is 0.310. The largest absolute Gasteiger partial charge is 0.352 e. The first-order chi connectivity index (χ1) is 18.8. The van der Waals surface area contributed by atoms with Crippen molar-refractivity contribution in [3.8, 4) is 0 Å². The Balaban J connectivity index is 2.13. The molecule has 1 N–H and O–H groups in total. The molecule has 0 aromatic heterocycles. The van der Waals surface area contributed by atoms with Crippen molar-refractivity contribution in [1.29, 1.82) is 0 Å². The van der Waals surface area contributed by atoms with Crippen LogP contribution in [0.25, 0.3) is 0 Å². The molecule has 0 aliphatic carbocycles. The Morgan fingerprint density at radius 2 is 1.45 bits per heavy atom. The van der Waals surface area contributed by atoms with Gasteiger partial charge < -0.3 is 10.2 Å². The van der Waals surface area contributed by atoms with E-state index in [0.717, 1.165) is 16.1 Å². The van der Waals surface area contributed by atoms with Gasteiger partial charge in [0.25, 0.3) is 0 Å². The van der Waals surface area contributed by atoms with Gasteiger partial charge in [-0.1, -0.05) is 77.3 Å². The van der Waals surface area contributed by atoms with Crippen LogP contribution in [0.2, 0.25) is 15.1 Å². The Hall–Kier alpha value is -2.78. The highest BCUT2D eigenvalue weighted by Gasteiger charge is 2.34. The monoisotopic (exact) mass is 623 g/mol. The Labute approximate surface area is 251 Å². The van der Waals surface area contributed by atoms with E-state index in [1.54, 1.807) is 43.3 Å². The van der Waals surface area contributed by atoms with E-state index < -0.39 is 28.5 Å². The lowest BCUT2D eigenvalue weighted by Gasteiger charge is -2.34. The second-order valence-corrected chi connectivity index (χ2v) is 12.9. The van der Waals surface area contributed by atoms with Gasteiger partial charge in [0, 0.05) is 39.6 Å². The van der Waals surface area contributed by atoms with Gasteiger partial charge in [-0.2, -0.15) is 0 Å². The number of sulfonamides is 1. The van der Waals surface area contributed by atoms with Crippen LogP contribution >= 0.6 is 34.8 Å². The molecule has 0 saturated carbocycles. The van der Waals surface area contributed by atoms with Gasteiger partial charge in [0.05, 0.1) is 11.9 Å². The van der Waals surface area contributed by atoms with Gasteiger partial charge in [-0.15, -0.1) is 0 Å². The first-order valence-electron chi connectivity index (χ1n) is 12.6. The van der Waals surface area contributed by atoms with E-state index in [9.17, 15) is 18.0 Å². The first kappa shape index (κ1) is 31.7. The molecule has 0 aliphatic rings. The van der Waals surface area contributed by atoms with Crippen molar-refractivity contribution in [2.45, 2.75) is 45.8 Å². The van der Waals surface area contributed by atoms with E-state index in [4.69, 9.17) is 34.8 Å². The van der Waals surface area contributed by atoms with Crippen molar-refractivity contribution in [2.75, 3.05) is 17.1 Å². The average Bonchev–Trinajstić information content (AvgIpc) is 2.87. The van der Waals surface area contributed by atoms with Gasteiger partial charge in [-0.25, -0.2) is 8.42 Å². The maximum Gasteiger partial charge on any atom is 0.244 e. The molecule has 0 spiro atoms. The molecule has 3 rings (SSSR count). The fourth-order valence-corrected chi connectivity index (χ4v) is 5.84. The third kappa shape index (κ3) is 8.13. The molecule has 3 aromatic carbocycles. The van der Waals surface area contributed by atoms with Crippen molar-refractivity contribution in [2.24, 2.45) is 0 Å². The lowest BCUT2D eigenvalue weighted by molar-refractivity contribution is -0.140. The summed E-state index contributed by atoms with van der Waals surface area (Å²) in [7, 11) is -3.92. The van der Waals surface area contributed by atoms with Crippen LogP contribution in [-0.4, -0.2) is 50.0 Å². The number of amides is 2. The maximum absolute atomic E-state index is 14.1. The summed E-state index contributed by atoms with van der Waals surface area (Å²) in [5.74, 6) is -0.999. The predicted molar refractivity (Wildman–Crippen MR) is 163 cm³/mol. The number of carbonyl (C=O) groups is 2. The van der Waals surface area contributed by atoms with E-state index >= 15 is 0 Å². The third-order valence-corrected chi connectivity index (χ3v) is 8.52. The number of halogens is 3. The van der Waals surface area contributed by atoms with Gasteiger partial charge in [0.1, 0.15) is 12.6 Å². The molecule has 7 nitrogen and oxygen atoms in total. The van der Waals surface area contributed by atoms with Gasteiger partial charge in [-0.05, 0) is 56.2 Å². The zero-order valence-electron chi connectivity index (χ0n) is 22.7. The van der Waals surface area contributed by atoms with Crippen molar-refractivity contribution >= 4 is 62.3 Å². The number of anilines is 1. The quantitative estimate of drug-likeness (QED) is 0.289. The first-order valence-corrected chi connectivity index (χ1v) is 15.6. The zero-order chi connectivity index (χ0) is 29.6. The third-order valence-electron chi connectivity index (χ3n) is 6.28. The van der Waals surface area contributed by atoms with Gasteiger partial charge in [0.15, 0.2) is 0 Å². The Bertz CT molecular complexity index is 1450. The minimum atomic E-state index is -3.92. The molecule has 1 atom stereocenters. The van der Waals surface area contributed by atoms with Crippen LogP contribution in [0.5, 0.6) is 0 Å². The summed E-state index contributed by atoms with van der Waals surface area (Å²) in [5.41, 5.74) is 2.03. The SMILES string of the molecule is Cc1c(Cl)cccc1N(CC(=O)N(Cc1c(Cl)cccc1Cl)C(Cc1ccccc1)C(=O)NC(C)C)S(C)(=O)=O. The standard InChI is InChI=1S/C29H32Cl3N3O4S/c1-19(2)33-29(37)27(16-21-10-6-5-7-11-21)34(17-22-24(31)13-8-14-25(22)32)28(36)18-35(40(4,38)39)26-15-9-12-23(30)20(26)3/h5-15,19,27H,16-18H2,1-4H3,(H,33,37). The highest BCUT2D eigenvalue weighted by atomic mass is 35.5. The molecular formula is C29H32Cl3N3O4S. The van der Waals surface area contributed by atoms with Crippen molar-refractivity contribution in [1.82, 2.24) is 10.2 Å². The highest BCUT2D eigenvalue weighted by molar-refractivity contribution is 7.92. The van der Waals surface area contributed by atoms with E-state index in [-0.39, 0.29) is 30.6 Å². The summed E-state index contributed by atoms with van der Waals surface area (Å²) >= 11 is 19.2. The second-order valence-electron chi connectivity index (χ2n) is 9.74. The van der Waals surface area contributed by atoms with Crippen LogP contribution in [0.3, 0.4) is 0 Å². The van der Waals surface area contributed by atoms with Crippen LogP contribution in [-0.2, 0) is 32.6 Å². The molecule has 0 bridgehead atoms. The Kier molecular flexibility index (Phi) is 10.9. The summed E-state index contributed by atoms with van der Waals surface area (Å²) in [6, 6.07) is 17.9. The van der Waals surface area contributed by atoms with Crippen LogP contribution < -0.4 is 9.62 Å². The molecule has 3 aromatic rings. The molecular weight excluding hydrogens is 593 g/mol. The average molecular weight is 625 g/mol. The smallest absolute Gasteiger partial charge is 0.244 e. The number of carbonyl (C=O) groups excluding carboxylic acids is 2. The fourth-order valence-electron chi connectivity index (χ4n) is 4.25. The summed E-state index contributed by atoms with van der Waals surface area (Å²) in [6.07, 6.45) is 1.20. The lowest BCUT2D eigenvalue weighted by atomic mass is 10.0. The number of rotatable bonds is 11. The predicted octanol–water partition coefficient (Wildman–Crippen LogP) is 5.89. The molecule has 214 valence electrons. The van der Waals surface area contributed by atoms with Crippen LogP contribution in [0.1, 0.15) is 30.5 Å². The molecule has 0 heterocycles. The van der Waals surface area contributed by atoms with Crippen molar-refractivity contribution in [3.05, 3.63) is 98.5 Å². The molecule has 0 aliphatic heterocycles. The normalized spacial score (nSPS) is 12.2. The Morgan fingerprint density at radius 1 is 0.875 bits per heavy atom. The highest BCUT2D eigenvalue weighted by Crippen LogP contribution is 2.30. The zero-order valence-corrected chi connectivity index (χ0v) is 25.8. The summed E-state index contributed by atoms with van der Waals surface area (Å²) in [5, 5.41) is 3.89.